The zero-order valence-corrected chi connectivity index (χ0v) is 10.0. The number of ether oxygens (including phenoxy) is 1. The number of carbonyl (C=O) groups excluding carboxylic acids is 2. The van der Waals surface area contributed by atoms with Crippen LogP contribution >= 0.6 is 0 Å². The number of aryl methyl sites for hydroxylation is 2. The van der Waals surface area contributed by atoms with Crippen LogP contribution < -0.4 is 0 Å². The van der Waals surface area contributed by atoms with E-state index in [0.29, 0.717) is 18.7 Å². The Balaban J connectivity index is 2.14. The Labute approximate surface area is 100 Å². The molecule has 90 valence electrons. The van der Waals surface area contributed by atoms with Crippen molar-refractivity contribution in [3.8, 4) is 0 Å². The number of carbonyl (C=O) groups is 2. The SMILES string of the molecule is Cc1ccc(C)c(C(=O)CN2CCOC2=O)c1. The topological polar surface area (TPSA) is 46.6 Å². The van der Waals surface area contributed by atoms with Gasteiger partial charge in [-0.3, -0.25) is 9.69 Å². The minimum atomic E-state index is -0.399. The van der Waals surface area contributed by atoms with Crippen molar-refractivity contribution in [1.29, 1.82) is 0 Å². The maximum atomic E-state index is 12.1. The molecule has 0 bridgehead atoms. The van der Waals surface area contributed by atoms with Gasteiger partial charge >= 0.3 is 6.09 Å². The van der Waals surface area contributed by atoms with Gasteiger partial charge in [-0.1, -0.05) is 17.7 Å². The van der Waals surface area contributed by atoms with E-state index in [-0.39, 0.29) is 12.3 Å². The molecule has 0 aromatic heterocycles. The molecule has 0 unspecified atom stereocenters. The Bertz CT molecular complexity index is 468. The lowest BCUT2D eigenvalue weighted by molar-refractivity contribution is 0.0943. The molecule has 0 aliphatic carbocycles. The molecule has 1 fully saturated rings. The first kappa shape index (κ1) is 11.6. The van der Waals surface area contributed by atoms with E-state index in [2.05, 4.69) is 0 Å². The van der Waals surface area contributed by atoms with Gasteiger partial charge in [-0.05, 0) is 25.5 Å². The van der Waals surface area contributed by atoms with E-state index in [1.807, 2.05) is 32.0 Å². The number of hydrogen-bond acceptors (Lipinski definition) is 3. The summed E-state index contributed by atoms with van der Waals surface area (Å²) in [5, 5.41) is 0. The number of hydrogen-bond donors (Lipinski definition) is 0. The van der Waals surface area contributed by atoms with Crippen molar-refractivity contribution in [2.24, 2.45) is 0 Å². The molecule has 4 nitrogen and oxygen atoms in total. The molecule has 0 atom stereocenters. The Morgan fingerprint density at radius 3 is 2.82 bits per heavy atom. The summed E-state index contributed by atoms with van der Waals surface area (Å²) >= 11 is 0. The van der Waals surface area contributed by atoms with Crippen molar-refractivity contribution in [3.63, 3.8) is 0 Å². The largest absolute Gasteiger partial charge is 0.448 e. The average Bonchev–Trinajstić information content (AvgIpc) is 2.68. The van der Waals surface area contributed by atoms with Gasteiger partial charge in [0.25, 0.3) is 0 Å². The van der Waals surface area contributed by atoms with Crippen LogP contribution in [0.25, 0.3) is 0 Å². The van der Waals surface area contributed by atoms with Gasteiger partial charge in [-0.15, -0.1) is 0 Å². The smallest absolute Gasteiger partial charge is 0.410 e. The van der Waals surface area contributed by atoms with E-state index in [9.17, 15) is 9.59 Å². The first-order chi connectivity index (χ1) is 8.08. The van der Waals surface area contributed by atoms with E-state index in [1.165, 1.54) is 4.90 Å². The van der Waals surface area contributed by atoms with Gasteiger partial charge in [-0.25, -0.2) is 4.79 Å². The fourth-order valence-electron chi connectivity index (χ4n) is 1.86. The number of rotatable bonds is 3. The summed E-state index contributed by atoms with van der Waals surface area (Å²) in [5.41, 5.74) is 2.67. The molecule has 1 aromatic carbocycles. The highest BCUT2D eigenvalue weighted by Crippen LogP contribution is 2.13. The predicted molar refractivity (Wildman–Crippen MR) is 63.2 cm³/mol. The zero-order valence-electron chi connectivity index (χ0n) is 10.0. The summed E-state index contributed by atoms with van der Waals surface area (Å²) in [6.07, 6.45) is -0.399. The summed E-state index contributed by atoms with van der Waals surface area (Å²) in [7, 11) is 0. The van der Waals surface area contributed by atoms with Crippen LogP contribution in [0.15, 0.2) is 18.2 Å². The summed E-state index contributed by atoms with van der Waals surface area (Å²) in [6, 6.07) is 5.75. The molecule has 0 spiro atoms. The molecule has 0 N–H and O–H groups in total. The molecule has 1 aromatic rings. The monoisotopic (exact) mass is 233 g/mol. The van der Waals surface area contributed by atoms with Crippen molar-refractivity contribution in [2.75, 3.05) is 19.7 Å². The molecular formula is C13H15NO3. The fraction of sp³-hybridized carbons (Fsp3) is 0.385. The Morgan fingerprint density at radius 2 is 2.18 bits per heavy atom. The number of nitrogens with zero attached hydrogens (tertiary/aromatic N) is 1. The van der Waals surface area contributed by atoms with Gasteiger partial charge in [0, 0.05) is 5.56 Å². The van der Waals surface area contributed by atoms with E-state index in [4.69, 9.17) is 4.74 Å². The fourth-order valence-corrected chi connectivity index (χ4v) is 1.86. The van der Waals surface area contributed by atoms with Gasteiger partial charge in [0.05, 0.1) is 13.1 Å². The van der Waals surface area contributed by atoms with Gasteiger partial charge in [-0.2, -0.15) is 0 Å². The lowest BCUT2D eigenvalue weighted by atomic mass is 10.0. The molecule has 0 radical (unpaired) electrons. The van der Waals surface area contributed by atoms with E-state index in [0.717, 1.165) is 11.1 Å². The van der Waals surface area contributed by atoms with Gasteiger partial charge in [0.15, 0.2) is 5.78 Å². The minimum Gasteiger partial charge on any atom is -0.448 e. The summed E-state index contributed by atoms with van der Waals surface area (Å²) < 4.78 is 4.79. The van der Waals surface area contributed by atoms with Crippen LogP contribution in [0.5, 0.6) is 0 Å². The Kier molecular flexibility index (Phi) is 3.13. The highest BCUT2D eigenvalue weighted by atomic mass is 16.6. The van der Waals surface area contributed by atoms with E-state index < -0.39 is 6.09 Å². The Morgan fingerprint density at radius 1 is 1.41 bits per heavy atom. The number of amides is 1. The molecular weight excluding hydrogens is 218 g/mol. The maximum Gasteiger partial charge on any atom is 0.410 e. The van der Waals surface area contributed by atoms with E-state index >= 15 is 0 Å². The summed E-state index contributed by atoms with van der Waals surface area (Å²) in [5.74, 6) is -0.0370. The van der Waals surface area contributed by atoms with Crippen LogP contribution in [0.3, 0.4) is 0 Å². The second-order valence-electron chi connectivity index (χ2n) is 4.28. The second kappa shape index (κ2) is 4.57. The third-order valence-electron chi connectivity index (χ3n) is 2.87. The van der Waals surface area contributed by atoms with Crippen molar-refractivity contribution in [3.05, 3.63) is 34.9 Å². The van der Waals surface area contributed by atoms with Crippen LogP contribution in [0.1, 0.15) is 21.5 Å². The van der Waals surface area contributed by atoms with Crippen molar-refractivity contribution < 1.29 is 14.3 Å². The van der Waals surface area contributed by atoms with Crippen molar-refractivity contribution in [2.45, 2.75) is 13.8 Å². The highest BCUT2D eigenvalue weighted by molar-refractivity contribution is 6.00. The summed E-state index contributed by atoms with van der Waals surface area (Å²) in [6.45, 7) is 4.81. The average molecular weight is 233 g/mol. The van der Waals surface area contributed by atoms with Crippen LogP contribution in [0.2, 0.25) is 0 Å². The van der Waals surface area contributed by atoms with Gasteiger partial charge in [0.1, 0.15) is 6.61 Å². The lowest BCUT2D eigenvalue weighted by Gasteiger charge is -2.12. The number of Topliss-reactive ketones (excluding diaryl/α,β-unsaturated/α-hetero) is 1. The molecule has 2 rings (SSSR count). The van der Waals surface area contributed by atoms with Crippen LogP contribution in [-0.4, -0.2) is 36.5 Å². The number of ketones is 1. The molecule has 4 heteroatoms. The van der Waals surface area contributed by atoms with E-state index in [1.54, 1.807) is 0 Å². The molecule has 1 amide bonds. The normalized spacial score (nSPS) is 14.9. The molecule has 0 saturated carbocycles. The number of benzene rings is 1. The predicted octanol–water partition coefficient (Wildman–Crippen LogP) is 1.94. The standard InChI is InChI=1S/C13H15NO3/c1-9-3-4-10(2)11(7-9)12(15)8-14-5-6-17-13(14)16/h3-4,7H,5-6,8H2,1-2H3. The maximum absolute atomic E-state index is 12.1. The molecule has 1 aliphatic rings. The van der Waals surface area contributed by atoms with Crippen molar-refractivity contribution in [1.82, 2.24) is 4.90 Å². The molecule has 17 heavy (non-hydrogen) atoms. The quantitative estimate of drug-likeness (QED) is 0.749. The highest BCUT2D eigenvalue weighted by Gasteiger charge is 2.24. The molecule has 1 heterocycles. The first-order valence-electron chi connectivity index (χ1n) is 5.60. The van der Waals surface area contributed by atoms with Gasteiger partial charge < -0.3 is 4.74 Å². The van der Waals surface area contributed by atoms with Crippen molar-refractivity contribution >= 4 is 11.9 Å². The number of cyclic esters (lactones) is 1. The minimum absolute atomic E-state index is 0.0370. The van der Waals surface area contributed by atoms with Crippen LogP contribution in [0, 0.1) is 13.8 Å². The van der Waals surface area contributed by atoms with Gasteiger partial charge in [0.2, 0.25) is 0 Å². The summed E-state index contributed by atoms with van der Waals surface area (Å²) in [4.78, 5) is 24.7. The molecule has 1 aliphatic heterocycles. The lowest BCUT2D eigenvalue weighted by Crippen LogP contribution is -2.30. The first-order valence-corrected chi connectivity index (χ1v) is 5.60. The van der Waals surface area contributed by atoms with Crippen LogP contribution in [-0.2, 0) is 4.74 Å². The zero-order chi connectivity index (χ0) is 12.4. The second-order valence-corrected chi connectivity index (χ2v) is 4.28. The van der Waals surface area contributed by atoms with Crippen LogP contribution in [0.4, 0.5) is 4.79 Å². The third-order valence-corrected chi connectivity index (χ3v) is 2.87. The molecule has 1 saturated heterocycles. The Hall–Kier alpha value is -1.84. The third kappa shape index (κ3) is 2.46.